The van der Waals surface area contributed by atoms with Crippen LogP contribution in [0.25, 0.3) is 10.9 Å². The molecule has 1 aliphatic carbocycles. The minimum atomic E-state index is 0.816. The van der Waals surface area contributed by atoms with Gasteiger partial charge in [-0.2, -0.15) is 0 Å². The van der Waals surface area contributed by atoms with Crippen molar-refractivity contribution in [2.45, 2.75) is 39.5 Å². The largest absolute Gasteiger partial charge is 0.358 e. The van der Waals surface area contributed by atoms with Gasteiger partial charge < -0.3 is 4.98 Å². The first-order valence-corrected chi connectivity index (χ1v) is 7.71. The molecule has 1 N–H and O–H groups in total. The summed E-state index contributed by atoms with van der Waals surface area (Å²) in [6, 6.07) is 6.61. The smallest absolute Gasteiger partial charge is 0.0470 e. The van der Waals surface area contributed by atoms with Gasteiger partial charge in [-0.15, -0.1) is 0 Å². The third-order valence-electron chi connectivity index (χ3n) is 4.06. The summed E-state index contributed by atoms with van der Waals surface area (Å²) >= 11 is 3.55. The number of fused-ring (bicyclic) bond motifs is 3. The number of benzene rings is 1. The van der Waals surface area contributed by atoms with E-state index in [2.05, 4.69) is 53.0 Å². The van der Waals surface area contributed by atoms with Gasteiger partial charge in [0.15, 0.2) is 0 Å². The quantitative estimate of drug-likeness (QED) is 0.796. The standard InChI is InChI=1S/C16H20BrN/c1-10(2)7-11-3-6-15-14(8-11)13-5-4-12(17)9-16(13)18-15/h4-5,9-11,18H,3,6-8H2,1-2H3. The minimum Gasteiger partial charge on any atom is -0.358 e. The van der Waals surface area contributed by atoms with Crippen molar-refractivity contribution in [3.63, 3.8) is 0 Å². The van der Waals surface area contributed by atoms with Gasteiger partial charge in [0.1, 0.15) is 0 Å². The summed E-state index contributed by atoms with van der Waals surface area (Å²) in [4.78, 5) is 3.60. The van der Waals surface area contributed by atoms with Crippen LogP contribution < -0.4 is 0 Å². The van der Waals surface area contributed by atoms with Gasteiger partial charge in [0.05, 0.1) is 0 Å². The Morgan fingerprint density at radius 3 is 3.00 bits per heavy atom. The molecule has 1 heterocycles. The van der Waals surface area contributed by atoms with Crippen molar-refractivity contribution in [1.29, 1.82) is 0 Å². The number of aromatic nitrogens is 1. The Bertz CT molecular complexity index is 568. The van der Waals surface area contributed by atoms with E-state index in [1.807, 2.05) is 0 Å². The summed E-state index contributed by atoms with van der Waals surface area (Å²) in [6.07, 6.45) is 5.19. The Morgan fingerprint density at radius 1 is 1.39 bits per heavy atom. The normalized spacial score (nSPS) is 19.4. The molecule has 0 amide bonds. The number of aryl methyl sites for hydroxylation is 1. The molecule has 1 aliphatic rings. The predicted molar refractivity (Wildman–Crippen MR) is 81.0 cm³/mol. The van der Waals surface area contributed by atoms with Crippen LogP contribution in [-0.4, -0.2) is 4.98 Å². The maximum Gasteiger partial charge on any atom is 0.0470 e. The molecule has 96 valence electrons. The molecule has 1 aromatic carbocycles. The maximum atomic E-state index is 3.60. The van der Waals surface area contributed by atoms with Crippen LogP contribution in [0.1, 0.15) is 37.9 Å². The van der Waals surface area contributed by atoms with Gasteiger partial charge in [0.25, 0.3) is 0 Å². The molecule has 0 aliphatic heterocycles. The third kappa shape index (κ3) is 2.23. The van der Waals surface area contributed by atoms with E-state index in [9.17, 15) is 0 Å². The van der Waals surface area contributed by atoms with Gasteiger partial charge >= 0.3 is 0 Å². The van der Waals surface area contributed by atoms with Crippen LogP contribution in [0, 0.1) is 11.8 Å². The highest BCUT2D eigenvalue weighted by molar-refractivity contribution is 9.10. The zero-order valence-electron chi connectivity index (χ0n) is 11.1. The average molecular weight is 306 g/mol. The molecule has 1 atom stereocenters. The fourth-order valence-corrected chi connectivity index (χ4v) is 3.70. The highest BCUT2D eigenvalue weighted by Gasteiger charge is 2.22. The fourth-order valence-electron chi connectivity index (χ4n) is 3.34. The molecule has 0 saturated heterocycles. The molecule has 1 unspecified atom stereocenters. The zero-order chi connectivity index (χ0) is 12.7. The molecule has 3 rings (SSSR count). The fraction of sp³-hybridized carbons (Fsp3) is 0.500. The lowest BCUT2D eigenvalue weighted by Gasteiger charge is -2.23. The van der Waals surface area contributed by atoms with Crippen molar-refractivity contribution in [2.24, 2.45) is 11.8 Å². The summed E-state index contributed by atoms with van der Waals surface area (Å²) in [5.41, 5.74) is 4.34. The highest BCUT2D eigenvalue weighted by Crippen LogP contribution is 2.35. The van der Waals surface area contributed by atoms with Crippen LogP contribution >= 0.6 is 15.9 Å². The van der Waals surface area contributed by atoms with E-state index in [-0.39, 0.29) is 0 Å². The number of hydrogen-bond acceptors (Lipinski definition) is 0. The van der Waals surface area contributed by atoms with Gasteiger partial charge in [0.2, 0.25) is 0 Å². The summed E-state index contributed by atoms with van der Waals surface area (Å²) < 4.78 is 1.16. The topological polar surface area (TPSA) is 15.8 Å². The predicted octanol–water partition coefficient (Wildman–Crippen LogP) is 5.08. The molecule has 0 spiro atoms. The second-order valence-corrected chi connectivity index (χ2v) is 6.93. The average Bonchev–Trinajstić information content (AvgIpc) is 2.65. The number of rotatable bonds is 2. The van der Waals surface area contributed by atoms with Crippen molar-refractivity contribution >= 4 is 26.8 Å². The van der Waals surface area contributed by atoms with Crippen molar-refractivity contribution in [3.8, 4) is 0 Å². The van der Waals surface area contributed by atoms with Gasteiger partial charge in [0, 0.05) is 21.1 Å². The lowest BCUT2D eigenvalue weighted by atomic mass is 9.82. The van der Waals surface area contributed by atoms with E-state index in [4.69, 9.17) is 0 Å². The number of nitrogens with one attached hydrogen (secondary N) is 1. The van der Waals surface area contributed by atoms with Crippen molar-refractivity contribution in [3.05, 3.63) is 33.9 Å². The Hall–Kier alpha value is -0.760. The van der Waals surface area contributed by atoms with E-state index in [0.717, 1.165) is 16.3 Å². The second kappa shape index (κ2) is 4.73. The molecule has 0 radical (unpaired) electrons. The van der Waals surface area contributed by atoms with Gasteiger partial charge in [-0.25, -0.2) is 0 Å². The van der Waals surface area contributed by atoms with E-state index in [1.54, 1.807) is 5.56 Å². The van der Waals surface area contributed by atoms with Crippen molar-refractivity contribution in [2.75, 3.05) is 0 Å². The molecular weight excluding hydrogens is 286 g/mol. The second-order valence-electron chi connectivity index (χ2n) is 6.01. The van der Waals surface area contributed by atoms with Gasteiger partial charge in [-0.3, -0.25) is 0 Å². The number of halogens is 1. The van der Waals surface area contributed by atoms with Gasteiger partial charge in [-0.1, -0.05) is 35.8 Å². The summed E-state index contributed by atoms with van der Waals surface area (Å²) in [5, 5.41) is 1.43. The van der Waals surface area contributed by atoms with E-state index in [1.165, 1.54) is 42.3 Å². The maximum absolute atomic E-state index is 3.60. The van der Waals surface area contributed by atoms with E-state index in [0.29, 0.717) is 0 Å². The monoisotopic (exact) mass is 305 g/mol. The Kier molecular flexibility index (Phi) is 3.23. The molecule has 0 fully saturated rings. The Labute approximate surface area is 117 Å². The summed E-state index contributed by atoms with van der Waals surface area (Å²) in [6.45, 7) is 4.67. The minimum absolute atomic E-state index is 0.816. The van der Waals surface area contributed by atoms with Crippen LogP contribution in [0.4, 0.5) is 0 Å². The van der Waals surface area contributed by atoms with E-state index < -0.39 is 0 Å². The molecule has 1 aromatic heterocycles. The van der Waals surface area contributed by atoms with Crippen molar-refractivity contribution < 1.29 is 0 Å². The molecular formula is C16H20BrN. The van der Waals surface area contributed by atoms with Crippen LogP contribution in [0.3, 0.4) is 0 Å². The first-order chi connectivity index (χ1) is 8.63. The molecule has 18 heavy (non-hydrogen) atoms. The van der Waals surface area contributed by atoms with Crippen LogP contribution in [0.15, 0.2) is 22.7 Å². The Balaban J connectivity index is 1.96. The first-order valence-electron chi connectivity index (χ1n) is 6.92. The van der Waals surface area contributed by atoms with Crippen LogP contribution in [-0.2, 0) is 12.8 Å². The molecule has 0 bridgehead atoms. The number of H-pyrrole nitrogens is 1. The lowest BCUT2D eigenvalue weighted by molar-refractivity contribution is 0.369. The number of aromatic amines is 1. The SMILES string of the molecule is CC(C)CC1CCc2[nH]c3cc(Br)ccc3c2C1. The molecule has 2 heteroatoms. The molecule has 1 nitrogen and oxygen atoms in total. The molecule has 0 saturated carbocycles. The van der Waals surface area contributed by atoms with Crippen LogP contribution in [0.2, 0.25) is 0 Å². The molecule has 2 aromatic rings. The van der Waals surface area contributed by atoms with Gasteiger partial charge in [-0.05, 0) is 55.2 Å². The summed E-state index contributed by atoms with van der Waals surface area (Å²) in [7, 11) is 0. The Morgan fingerprint density at radius 2 is 2.22 bits per heavy atom. The van der Waals surface area contributed by atoms with Crippen molar-refractivity contribution in [1.82, 2.24) is 4.98 Å². The van der Waals surface area contributed by atoms with Crippen LogP contribution in [0.5, 0.6) is 0 Å². The third-order valence-corrected chi connectivity index (χ3v) is 4.55. The van der Waals surface area contributed by atoms with E-state index >= 15 is 0 Å². The zero-order valence-corrected chi connectivity index (χ0v) is 12.7. The highest BCUT2D eigenvalue weighted by atomic mass is 79.9. The summed E-state index contributed by atoms with van der Waals surface area (Å²) in [5.74, 6) is 1.69. The lowest BCUT2D eigenvalue weighted by Crippen LogP contribution is -2.15. The number of hydrogen-bond donors (Lipinski definition) is 1. The first kappa shape index (κ1) is 12.3.